The number of hydrogen-bond acceptors (Lipinski definition) is 3. The van der Waals surface area contributed by atoms with Crippen molar-refractivity contribution >= 4 is 17.3 Å². The molecule has 7 heteroatoms. The molecule has 0 aliphatic carbocycles. The Labute approximate surface area is 166 Å². The number of halogens is 3. The molecular weight excluding hydrogens is 379 g/mol. The number of pyridine rings is 1. The zero-order valence-corrected chi connectivity index (χ0v) is 15.4. The van der Waals surface area contributed by atoms with Crippen LogP contribution in [0.2, 0.25) is 0 Å². The minimum atomic E-state index is -4.35. The maximum atomic E-state index is 12.7. The summed E-state index contributed by atoms with van der Waals surface area (Å²) in [5.41, 5.74) is 3.23. The van der Waals surface area contributed by atoms with Crippen LogP contribution in [0, 0.1) is 0 Å². The van der Waals surface area contributed by atoms with E-state index in [1.807, 2.05) is 18.2 Å². The first-order valence-corrected chi connectivity index (χ1v) is 9.17. The van der Waals surface area contributed by atoms with Gasteiger partial charge in [0, 0.05) is 30.7 Å². The molecule has 0 fully saturated rings. The summed E-state index contributed by atoms with van der Waals surface area (Å²) in [5, 5.41) is 3.20. The number of carbonyl (C=O) groups excluding carboxylic acids is 1. The van der Waals surface area contributed by atoms with Gasteiger partial charge in [-0.1, -0.05) is 18.2 Å². The number of benzene rings is 2. The van der Waals surface area contributed by atoms with Crippen molar-refractivity contribution in [3.8, 4) is 0 Å². The second kappa shape index (κ2) is 7.58. The maximum Gasteiger partial charge on any atom is 0.416 e. The lowest BCUT2D eigenvalue weighted by molar-refractivity contribution is -0.137. The number of nitrogens with one attached hydrogen (secondary N) is 1. The van der Waals surface area contributed by atoms with Gasteiger partial charge in [-0.25, -0.2) is 0 Å². The zero-order chi connectivity index (χ0) is 20.4. The van der Waals surface area contributed by atoms with Crippen LogP contribution in [0.3, 0.4) is 0 Å². The number of rotatable bonds is 3. The van der Waals surface area contributed by atoms with Crippen LogP contribution in [0.25, 0.3) is 0 Å². The third-order valence-electron chi connectivity index (χ3n) is 4.93. The fourth-order valence-electron chi connectivity index (χ4n) is 3.45. The SMILES string of the molecule is O=C(c1ccccn1)N1CCc2c(cccc2Nc2ccc(C(F)(F)F)cc2)C1. The van der Waals surface area contributed by atoms with Crippen molar-refractivity contribution in [2.75, 3.05) is 11.9 Å². The normalized spacial score (nSPS) is 13.7. The Morgan fingerprint density at radius 2 is 1.79 bits per heavy atom. The molecule has 2 aromatic carbocycles. The van der Waals surface area contributed by atoms with Crippen molar-refractivity contribution in [2.45, 2.75) is 19.1 Å². The van der Waals surface area contributed by atoms with Gasteiger partial charge in [0.25, 0.3) is 5.91 Å². The van der Waals surface area contributed by atoms with E-state index in [4.69, 9.17) is 0 Å². The molecule has 3 aromatic rings. The van der Waals surface area contributed by atoms with Gasteiger partial charge in [0.1, 0.15) is 5.69 Å². The Morgan fingerprint density at radius 1 is 1.00 bits per heavy atom. The summed E-state index contributed by atoms with van der Waals surface area (Å²) >= 11 is 0. The smallest absolute Gasteiger partial charge is 0.355 e. The Kier molecular flexibility index (Phi) is 4.96. The molecule has 1 aliphatic heterocycles. The third kappa shape index (κ3) is 4.08. The fraction of sp³-hybridized carbons (Fsp3) is 0.182. The average Bonchev–Trinajstić information content (AvgIpc) is 2.73. The lowest BCUT2D eigenvalue weighted by atomic mass is 9.97. The highest BCUT2D eigenvalue weighted by Crippen LogP contribution is 2.32. The average molecular weight is 397 g/mol. The van der Waals surface area contributed by atoms with Gasteiger partial charge in [-0.2, -0.15) is 13.2 Å². The van der Waals surface area contributed by atoms with E-state index in [0.29, 0.717) is 30.9 Å². The monoisotopic (exact) mass is 397 g/mol. The first kappa shape index (κ1) is 19.0. The standard InChI is InChI=1S/C22H18F3N3O/c23-22(24,25)16-7-9-17(10-8-16)27-19-6-3-4-15-14-28(13-11-18(15)19)21(29)20-5-1-2-12-26-20/h1-10,12,27H,11,13-14H2. The summed E-state index contributed by atoms with van der Waals surface area (Å²) in [6.07, 6.45) is -2.11. The largest absolute Gasteiger partial charge is 0.416 e. The van der Waals surface area contributed by atoms with Gasteiger partial charge in [-0.05, 0) is 60.0 Å². The number of alkyl halides is 3. The molecule has 1 aliphatic rings. The first-order chi connectivity index (χ1) is 13.9. The number of fused-ring (bicyclic) bond motifs is 1. The van der Waals surface area contributed by atoms with Gasteiger partial charge >= 0.3 is 6.18 Å². The number of aromatic nitrogens is 1. The van der Waals surface area contributed by atoms with Crippen molar-refractivity contribution in [1.82, 2.24) is 9.88 Å². The molecule has 0 saturated heterocycles. The van der Waals surface area contributed by atoms with Gasteiger partial charge in [0.05, 0.1) is 5.56 Å². The molecule has 4 nitrogen and oxygen atoms in total. The first-order valence-electron chi connectivity index (χ1n) is 9.17. The molecule has 0 bridgehead atoms. The summed E-state index contributed by atoms with van der Waals surface area (Å²) in [4.78, 5) is 18.5. The summed E-state index contributed by atoms with van der Waals surface area (Å²) in [6.45, 7) is 1.02. The van der Waals surface area contributed by atoms with Gasteiger partial charge in [-0.3, -0.25) is 9.78 Å². The molecule has 0 atom stereocenters. The van der Waals surface area contributed by atoms with E-state index in [2.05, 4.69) is 10.3 Å². The van der Waals surface area contributed by atoms with Crippen LogP contribution < -0.4 is 5.32 Å². The minimum Gasteiger partial charge on any atom is -0.355 e. The Bertz CT molecular complexity index is 1020. The topological polar surface area (TPSA) is 45.2 Å². The van der Waals surface area contributed by atoms with Crippen LogP contribution >= 0.6 is 0 Å². The summed E-state index contributed by atoms with van der Waals surface area (Å²) in [5.74, 6) is -0.114. The molecule has 0 spiro atoms. The fourth-order valence-corrected chi connectivity index (χ4v) is 3.45. The molecule has 0 saturated carbocycles. The predicted octanol–water partition coefficient (Wildman–Crippen LogP) is 5.04. The molecule has 4 rings (SSSR count). The highest BCUT2D eigenvalue weighted by atomic mass is 19.4. The Hall–Kier alpha value is -3.35. The van der Waals surface area contributed by atoms with Gasteiger partial charge in [-0.15, -0.1) is 0 Å². The number of carbonyl (C=O) groups is 1. The molecule has 1 amide bonds. The summed E-state index contributed by atoms with van der Waals surface area (Å²) in [6, 6.07) is 15.9. The third-order valence-corrected chi connectivity index (χ3v) is 4.93. The van der Waals surface area contributed by atoms with Gasteiger partial charge < -0.3 is 10.2 Å². The highest BCUT2D eigenvalue weighted by molar-refractivity contribution is 5.92. The van der Waals surface area contributed by atoms with Crippen LogP contribution in [0.5, 0.6) is 0 Å². The summed E-state index contributed by atoms with van der Waals surface area (Å²) < 4.78 is 38.2. The van der Waals surface area contributed by atoms with E-state index in [-0.39, 0.29) is 5.91 Å². The quantitative estimate of drug-likeness (QED) is 0.673. The number of nitrogens with zero attached hydrogens (tertiary/aromatic N) is 2. The summed E-state index contributed by atoms with van der Waals surface area (Å²) in [7, 11) is 0. The van der Waals surface area contributed by atoms with Crippen LogP contribution in [0.1, 0.15) is 27.2 Å². The van der Waals surface area contributed by atoms with Crippen LogP contribution in [-0.4, -0.2) is 22.3 Å². The lowest BCUT2D eigenvalue weighted by Crippen LogP contribution is -2.36. The van der Waals surface area contributed by atoms with Crippen LogP contribution in [0.15, 0.2) is 66.9 Å². The van der Waals surface area contributed by atoms with Gasteiger partial charge in [0.15, 0.2) is 0 Å². The molecule has 0 unspecified atom stereocenters. The minimum absolute atomic E-state index is 0.114. The van der Waals surface area contributed by atoms with E-state index < -0.39 is 11.7 Å². The lowest BCUT2D eigenvalue weighted by Gasteiger charge is -2.30. The van der Waals surface area contributed by atoms with Gasteiger partial charge in [0.2, 0.25) is 0 Å². The molecular formula is C22H18F3N3O. The van der Waals surface area contributed by atoms with E-state index in [1.165, 1.54) is 12.1 Å². The van der Waals surface area contributed by atoms with E-state index >= 15 is 0 Å². The number of anilines is 2. The molecule has 2 heterocycles. The Balaban J connectivity index is 1.52. The predicted molar refractivity (Wildman–Crippen MR) is 104 cm³/mol. The molecule has 1 N–H and O–H groups in total. The Morgan fingerprint density at radius 3 is 2.48 bits per heavy atom. The second-order valence-electron chi connectivity index (χ2n) is 6.84. The molecule has 148 valence electrons. The number of hydrogen-bond donors (Lipinski definition) is 1. The van der Waals surface area contributed by atoms with Crippen molar-refractivity contribution in [3.05, 3.63) is 89.2 Å². The molecule has 1 aromatic heterocycles. The van der Waals surface area contributed by atoms with Crippen molar-refractivity contribution in [1.29, 1.82) is 0 Å². The van der Waals surface area contributed by atoms with Crippen molar-refractivity contribution in [2.24, 2.45) is 0 Å². The maximum absolute atomic E-state index is 12.7. The highest BCUT2D eigenvalue weighted by Gasteiger charge is 2.30. The molecule has 0 radical (unpaired) electrons. The van der Waals surface area contributed by atoms with E-state index in [9.17, 15) is 18.0 Å². The van der Waals surface area contributed by atoms with Crippen molar-refractivity contribution < 1.29 is 18.0 Å². The van der Waals surface area contributed by atoms with Crippen LogP contribution in [-0.2, 0) is 19.1 Å². The number of amides is 1. The van der Waals surface area contributed by atoms with E-state index in [0.717, 1.165) is 28.9 Å². The van der Waals surface area contributed by atoms with E-state index in [1.54, 1.807) is 29.3 Å². The zero-order valence-electron chi connectivity index (χ0n) is 15.4. The second-order valence-corrected chi connectivity index (χ2v) is 6.84. The van der Waals surface area contributed by atoms with Crippen molar-refractivity contribution in [3.63, 3.8) is 0 Å². The molecule has 29 heavy (non-hydrogen) atoms. The van der Waals surface area contributed by atoms with Crippen LogP contribution in [0.4, 0.5) is 24.5 Å².